The Morgan fingerprint density at radius 2 is 1.85 bits per heavy atom. The molecule has 0 heterocycles. The number of benzene rings is 2. The lowest BCUT2D eigenvalue weighted by Crippen LogP contribution is -2.26. The van der Waals surface area contributed by atoms with Crippen molar-refractivity contribution in [3.8, 4) is 5.75 Å². The van der Waals surface area contributed by atoms with Gasteiger partial charge in [0.25, 0.3) is 0 Å². The van der Waals surface area contributed by atoms with Crippen molar-refractivity contribution in [2.24, 2.45) is 5.73 Å². The molecule has 0 fully saturated rings. The van der Waals surface area contributed by atoms with Gasteiger partial charge in [-0.1, -0.05) is 34.1 Å². The van der Waals surface area contributed by atoms with Crippen molar-refractivity contribution in [1.82, 2.24) is 0 Å². The van der Waals surface area contributed by atoms with Crippen LogP contribution in [0.1, 0.15) is 11.1 Å². The summed E-state index contributed by atoms with van der Waals surface area (Å²) in [6.45, 7) is 0. The van der Waals surface area contributed by atoms with Crippen molar-refractivity contribution in [2.75, 3.05) is 7.11 Å². The molecule has 0 spiro atoms. The van der Waals surface area contributed by atoms with Crippen LogP contribution >= 0.6 is 15.9 Å². The Hall–Kier alpha value is -1.39. The standard InChI is InChI=1S/C16H17BrFNO/c1-20-16-5-3-2-4-11(16)9-14(19)10-12-8-13(18)6-7-15(12)17/h2-8,14H,9-10,19H2,1H3. The van der Waals surface area contributed by atoms with Crippen molar-refractivity contribution < 1.29 is 9.13 Å². The molecule has 20 heavy (non-hydrogen) atoms. The fourth-order valence-electron chi connectivity index (χ4n) is 2.21. The average molecular weight is 338 g/mol. The lowest BCUT2D eigenvalue weighted by Gasteiger charge is -2.15. The van der Waals surface area contributed by atoms with E-state index in [1.807, 2.05) is 24.3 Å². The topological polar surface area (TPSA) is 35.2 Å². The van der Waals surface area contributed by atoms with E-state index in [1.165, 1.54) is 12.1 Å². The summed E-state index contributed by atoms with van der Waals surface area (Å²) in [5.74, 6) is 0.592. The molecule has 1 unspecified atom stereocenters. The van der Waals surface area contributed by atoms with Gasteiger partial charge in [-0.25, -0.2) is 4.39 Å². The quantitative estimate of drug-likeness (QED) is 0.902. The number of hydrogen-bond donors (Lipinski definition) is 1. The number of ether oxygens (including phenoxy) is 1. The average Bonchev–Trinajstić information content (AvgIpc) is 2.43. The second kappa shape index (κ2) is 6.86. The van der Waals surface area contributed by atoms with Gasteiger partial charge in [0.05, 0.1) is 7.11 Å². The normalized spacial score (nSPS) is 12.2. The number of nitrogens with two attached hydrogens (primary N) is 1. The zero-order valence-electron chi connectivity index (χ0n) is 11.3. The fourth-order valence-corrected chi connectivity index (χ4v) is 2.62. The highest BCUT2D eigenvalue weighted by molar-refractivity contribution is 9.10. The van der Waals surface area contributed by atoms with Crippen molar-refractivity contribution in [1.29, 1.82) is 0 Å². The van der Waals surface area contributed by atoms with Crippen LogP contribution in [0.15, 0.2) is 46.9 Å². The summed E-state index contributed by atoms with van der Waals surface area (Å²) in [7, 11) is 1.65. The van der Waals surface area contributed by atoms with Gasteiger partial charge in [-0.15, -0.1) is 0 Å². The van der Waals surface area contributed by atoms with Gasteiger partial charge in [0.2, 0.25) is 0 Å². The first-order chi connectivity index (χ1) is 9.60. The van der Waals surface area contributed by atoms with Gasteiger partial charge in [-0.05, 0) is 48.2 Å². The Morgan fingerprint density at radius 3 is 2.60 bits per heavy atom. The molecule has 2 aromatic carbocycles. The van der Waals surface area contributed by atoms with Crippen LogP contribution in [0.3, 0.4) is 0 Å². The Bertz CT molecular complexity index is 588. The van der Waals surface area contributed by atoms with Crippen LogP contribution in [0.5, 0.6) is 5.75 Å². The zero-order valence-corrected chi connectivity index (χ0v) is 12.9. The lowest BCUT2D eigenvalue weighted by atomic mass is 9.99. The zero-order chi connectivity index (χ0) is 14.5. The molecule has 106 valence electrons. The first-order valence-corrected chi connectivity index (χ1v) is 7.21. The van der Waals surface area contributed by atoms with Gasteiger partial charge in [0, 0.05) is 10.5 Å². The summed E-state index contributed by atoms with van der Waals surface area (Å²) >= 11 is 3.43. The highest BCUT2D eigenvalue weighted by Gasteiger charge is 2.11. The highest BCUT2D eigenvalue weighted by atomic mass is 79.9. The molecule has 0 bridgehead atoms. The van der Waals surface area contributed by atoms with Crippen molar-refractivity contribution in [3.63, 3.8) is 0 Å². The van der Waals surface area contributed by atoms with Gasteiger partial charge in [-0.2, -0.15) is 0 Å². The Kier molecular flexibility index (Phi) is 5.15. The maximum absolute atomic E-state index is 13.3. The third kappa shape index (κ3) is 3.81. The van der Waals surface area contributed by atoms with Crippen LogP contribution < -0.4 is 10.5 Å². The predicted octanol–water partition coefficient (Wildman–Crippen LogP) is 3.71. The summed E-state index contributed by atoms with van der Waals surface area (Å²) in [6, 6.07) is 12.4. The summed E-state index contributed by atoms with van der Waals surface area (Å²) in [6.07, 6.45) is 1.29. The molecule has 0 amide bonds. The maximum Gasteiger partial charge on any atom is 0.123 e. The molecular weight excluding hydrogens is 321 g/mol. The van der Waals surface area contributed by atoms with E-state index >= 15 is 0 Å². The van der Waals surface area contributed by atoms with Gasteiger partial charge >= 0.3 is 0 Å². The van der Waals surface area contributed by atoms with Gasteiger partial charge in [0.15, 0.2) is 0 Å². The third-order valence-corrected chi connectivity index (χ3v) is 3.94. The molecule has 0 aromatic heterocycles. The second-order valence-corrected chi connectivity index (χ2v) is 5.57. The second-order valence-electron chi connectivity index (χ2n) is 4.72. The molecule has 0 aliphatic rings. The summed E-state index contributed by atoms with van der Waals surface area (Å²) in [5, 5.41) is 0. The van der Waals surface area contributed by atoms with E-state index in [2.05, 4.69) is 15.9 Å². The van der Waals surface area contributed by atoms with Gasteiger partial charge in [-0.3, -0.25) is 0 Å². The molecule has 2 rings (SSSR count). The highest BCUT2D eigenvalue weighted by Crippen LogP contribution is 2.22. The fraction of sp³-hybridized carbons (Fsp3) is 0.250. The van der Waals surface area contributed by atoms with E-state index in [0.717, 1.165) is 21.3 Å². The smallest absolute Gasteiger partial charge is 0.123 e. The van der Waals surface area contributed by atoms with E-state index in [-0.39, 0.29) is 11.9 Å². The maximum atomic E-state index is 13.3. The summed E-state index contributed by atoms with van der Waals surface area (Å²) in [4.78, 5) is 0. The molecule has 0 radical (unpaired) electrons. The molecular formula is C16H17BrFNO. The minimum absolute atomic E-state index is 0.0931. The van der Waals surface area contributed by atoms with Crippen molar-refractivity contribution in [2.45, 2.75) is 18.9 Å². The molecule has 0 saturated heterocycles. The third-order valence-electron chi connectivity index (χ3n) is 3.16. The molecule has 2 N–H and O–H groups in total. The van der Waals surface area contributed by atoms with E-state index in [1.54, 1.807) is 13.2 Å². The minimum atomic E-state index is -0.243. The monoisotopic (exact) mass is 337 g/mol. The Balaban J connectivity index is 2.09. The minimum Gasteiger partial charge on any atom is -0.496 e. The number of methoxy groups -OCH3 is 1. The number of hydrogen-bond acceptors (Lipinski definition) is 2. The first kappa shape index (κ1) is 15.0. The number of para-hydroxylation sites is 1. The molecule has 0 aliphatic carbocycles. The van der Waals surface area contributed by atoms with Crippen LogP contribution in [0.25, 0.3) is 0 Å². The largest absolute Gasteiger partial charge is 0.496 e. The molecule has 4 heteroatoms. The summed E-state index contributed by atoms with van der Waals surface area (Å²) < 4.78 is 19.5. The van der Waals surface area contributed by atoms with Crippen molar-refractivity contribution in [3.05, 3.63) is 63.9 Å². The van der Waals surface area contributed by atoms with Gasteiger partial charge < -0.3 is 10.5 Å². The van der Waals surface area contributed by atoms with E-state index in [9.17, 15) is 4.39 Å². The van der Waals surface area contributed by atoms with E-state index < -0.39 is 0 Å². The Morgan fingerprint density at radius 1 is 1.15 bits per heavy atom. The molecule has 0 saturated carbocycles. The van der Waals surface area contributed by atoms with E-state index in [0.29, 0.717) is 12.8 Å². The van der Waals surface area contributed by atoms with Crippen LogP contribution in [0, 0.1) is 5.82 Å². The van der Waals surface area contributed by atoms with Crippen molar-refractivity contribution >= 4 is 15.9 Å². The number of rotatable bonds is 5. The van der Waals surface area contributed by atoms with Crippen LogP contribution in [0.2, 0.25) is 0 Å². The summed E-state index contributed by atoms with van der Waals surface area (Å²) in [5.41, 5.74) is 8.13. The van der Waals surface area contributed by atoms with Crippen LogP contribution in [-0.4, -0.2) is 13.2 Å². The van der Waals surface area contributed by atoms with Crippen LogP contribution in [-0.2, 0) is 12.8 Å². The SMILES string of the molecule is COc1ccccc1CC(N)Cc1cc(F)ccc1Br. The van der Waals surface area contributed by atoms with Gasteiger partial charge in [0.1, 0.15) is 11.6 Å². The Labute approximate surface area is 126 Å². The first-order valence-electron chi connectivity index (χ1n) is 6.41. The lowest BCUT2D eigenvalue weighted by molar-refractivity contribution is 0.407. The number of halogens is 2. The molecule has 2 nitrogen and oxygen atoms in total. The van der Waals surface area contributed by atoms with Crippen LogP contribution in [0.4, 0.5) is 4.39 Å². The molecule has 2 aromatic rings. The molecule has 0 aliphatic heterocycles. The predicted molar refractivity (Wildman–Crippen MR) is 82.5 cm³/mol. The molecule has 1 atom stereocenters. The van der Waals surface area contributed by atoms with E-state index in [4.69, 9.17) is 10.5 Å².